The average molecular weight is 277 g/mol. The highest BCUT2D eigenvalue weighted by atomic mass is 16.5. The zero-order valence-electron chi connectivity index (χ0n) is 11.9. The van der Waals surface area contributed by atoms with Crippen molar-refractivity contribution >= 4 is 0 Å². The number of ether oxygens (including phenoxy) is 2. The molecule has 2 atom stereocenters. The van der Waals surface area contributed by atoms with E-state index in [2.05, 4.69) is 10.1 Å². The van der Waals surface area contributed by atoms with E-state index in [-0.39, 0.29) is 0 Å². The molecule has 2 aromatic rings. The molecule has 0 saturated heterocycles. The first-order chi connectivity index (χ1) is 9.58. The minimum Gasteiger partial charge on any atom is -0.382 e. The molecule has 0 radical (unpaired) electrons. The van der Waals surface area contributed by atoms with Crippen LogP contribution in [0.15, 0.2) is 34.9 Å². The Morgan fingerprint density at radius 1 is 1.30 bits per heavy atom. The number of rotatable bonds is 6. The lowest BCUT2D eigenvalue weighted by molar-refractivity contribution is 0.105. The lowest BCUT2D eigenvalue weighted by Gasteiger charge is -2.18. The molecule has 108 valence electrons. The molecule has 0 fully saturated rings. The van der Waals surface area contributed by atoms with Crippen molar-refractivity contribution in [1.29, 1.82) is 0 Å². The molecule has 0 saturated carbocycles. The Labute approximate surface area is 117 Å². The average Bonchev–Trinajstić information content (AvgIpc) is 2.91. The normalized spacial score (nSPS) is 15.8. The highest BCUT2D eigenvalue weighted by Gasteiger charge is 2.30. The fourth-order valence-electron chi connectivity index (χ4n) is 1.95. The Balaban J connectivity index is 2.27. The van der Waals surface area contributed by atoms with Gasteiger partial charge in [0.05, 0.1) is 6.61 Å². The Hall–Kier alpha value is -1.76. The molecular weight excluding hydrogens is 258 g/mol. The Kier molecular flexibility index (Phi) is 4.49. The SMILES string of the molecule is COCC(C)(N)c1noc(C(OC)c2ccccc2)n1. The molecule has 0 bridgehead atoms. The minimum atomic E-state index is -0.800. The second-order valence-corrected chi connectivity index (χ2v) is 4.83. The molecule has 0 aliphatic heterocycles. The van der Waals surface area contributed by atoms with E-state index in [0.717, 1.165) is 5.56 Å². The van der Waals surface area contributed by atoms with Gasteiger partial charge in [-0.25, -0.2) is 0 Å². The highest BCUT2D eigenvalue weighted by molar-refractivity contribution is 5.22. The topological polar surface area (TPSA) is 83.4 Å². The van der Waals surface area contributed by atoms with E-state index in [1.54, 1.807) is 21.1 Å². The van der Waals surface area contributed by atoms with E-state index >= 15 is 0 Å². The number of methoxy groups -OCH3 is 2. The van der Waals surface area contributed by atoms with Crippen molar-refractivity contribution < 1.29 is 14.0 Å². The molecule has 2 unspecified atom stereocenters. The molecule has 1 aromatic heterocycles. The predicted octanol–water partition coefficient (Wildman–Crippen LogP) is 1.63. The minimum absolute atomic E-state index is 0.301. The predicted molar refractivity (Wildman–Crippen MR) is 73.0 cm³/mol. The van der Waals surface area contributed by atoms with Crippen molar-refractivity contribution in [2.75, 3.05) is 20.8 Å². The van der Waals surface area contributed by atoms with Crippen LogP contribution in [0.4, 0.5) is 0 Å². The fraction of sp³-hybridized carbons (Fsp3) is 0.429. The number of hydrogen-bond donors (Lipinski definition) is 1. The molecule has 0 amide bonds. The van der Waals surface area contributed by atoms with Gasteiger partial charge < -0.3 is 19.7 Å². The third-order valence-corrected chi connectivity index (χ3v) is 2.96. The van der Waals surface area contributed by atoms with Crippen LogP contribution in [0.1, 0.15) is 30.3 Å². The van der Waals surface area contributed by atoms with Gasteiger partial charge in [-0.1, -0.05) is 35.5 Å². The lowest BCUT2D eigenvalue weighted by Crippen LogP contribution is -2.39. The van der Waals surface area contributed by atoms with Gasteiger partial charge in [0.1, 0.15) is 5.54 Å². The number of nitrogens with two attached hydrogens (primary N) is 1. The van der Waals surface area contributed by atoms with Crippen LogP contribution in [-0.4, -0.2) is 31.0 Å². The van der Waals surface area contributed by atoms with Gasteiger partial charge in [-0.2, -0.15) is 4.98 Å². The van der Waals surface area contributed by atoms with Crippen molar-refractivity contribution in [2.24, 2.45) is 5.73 Å². The van der Waals surface area contributed by atoms with Crippen LogP contribution in [0.5, 0.6) is 0 Å². The van der Waals surface area contributed by atoms with Gasteiger partial charge in [-0.05, 0) is 12.5 Å². The van der Waals surface area contributed by atoms with Gasteiger partial charge >= 0.3 is 0 Å². The molecule has 0 aliphatic rings. The zero-order valence-corrected chi connectivity index (χ0v) is 11.9. The largest absolute Gasteiger partial charge is 0.382 e. The number of benzene rings is 1. The molecule has 0 spiro atoms. The Morgan fingerprint density at radius 3 is 2.60 bits per heavy atom. The summed E-state index contributed by atoms with van der Waals surface area (Å²) in [5.74, 6) is 0.772. The molecule has 2 rings (SSSR count). The summed E-state index contributed by atoms with van der Waals surface area (Å²) in [5.41, 5.74) is 6.23. The van der Waals surface area contributed by atoms with Gasteiger partial charge in [0.15, 0.2) is 11.9 Å². The van der Waals surface area contributed by atoms with Crippen molar-refractivity contribution in [3.05, 3.63) is 47.6 Å². The summed E-state index contributed by atoms with van der Waals surface area (Å²) in [6.07, 6.45) is -0.407. The van der Waals surface area contributed by atoms with E-state index in [9.17, 15) is 0 Å². The molecule has 1 aromatic carbocycles. The second kappa shape index (κ2) is 6.13. The van der Waals surface area contributed by atoms with E-state index in [4.69, 9.17) is 19.7 Å². The summed E-state index contributed by atoms with van der Waals surface area (Å²) in [4.78, 5) is 4.34. The summed E-state index contributed by atoms with van der Waals surface area (Å²) in [5, 5.41) is 3.93. The molecule has 1 heterocycles. The quantitative estimate of drug-likeness (QED) is 0.864. The van der Waals surface area contributed by atoms with Crippen LogP contribution in [-0.2, 0) is 15.0 Å². The first kappa shape index (κ1) is 14.6. The zero-order chi connectivity index (χ0) is 14.6. The van der Waals surface area contributed by atoms with Crippen LogP contribution in [0.2, 0.25) is 0 Å². The maximum Gasteiger partial charge on any atom is 0.260 e. The summed E-state index contributed by atoms with van der Waals surface area (Å²) in [7, 11) is 3.17. The van der Waals surface area contributed by atoms with Crippen LogP contribution in [0, 0.1) is 0 Å². The lowest BCUT2D eigenvalue weighted by atomic mass is 10.1. The van der Waals surface area contributed by atoms with Crippen molar-refractivity contribution in [3.63, 3.8) is 0 Å². The molecule has 6 heteroatoms. The van der Waals surface area contributed by atoms with Crippen LogP contribution < -0.4 is 5.73 Å². The van der Waals surface area contributed by atoms with Crippen LogP contribution >= 0.6 is 0 Å². The summed E-state index contributed by atoms with van der Waals surface area (Å²) in [6, 6.07) is 9.67. The van der Waals surface area contributed by atoms with E-state index in [0.29, 0.717) is 18.3 Å². The van der Waals surface area contributed by atoms with Gasteiger partial charge in [-0.15, -0.1) is 0 Å². The molecular formula is C14H19N3O3. The Bertz CT molecular complexity index is 540. The smallest absolute Gasteiger partial charge is 0.260 e. The third-order valence-electron chi connectivity index (χ3n) is 2.96. The molecule has 0 aliphatic carbocycles. The monoisotopic (exact) mass is 277 g/mol. The van der Waals surface area contributed by atoms with E-state index in [1.807, 2.05) is 30.3 Å². The van der Waals surface area contributed by atoms with Crippen molar-refractivity contribution in [3.8, 4) is 0 Å². The first-order valence-electron chi connectivity index (χ1n) is 6.28. The van der Waals surface area contributed by atoms with Crippen molar-refractivity contribution in [1.82, 2.24) is 10.1 Å². The fourth-order valence-corrected chi connectivity index (χ4v) is 1.95. The summed E-state index contributed by atoms with van der Waals surface area (Å²) in [6.45, 7) is 2.09. The van der Waals surface area contributed by atoms with Gasteiger partial charge in [-0.3, -0.25) is 0 Å². The summed E-state index contributed by atoms with van der Waals surface area (Å²) < 4.78 is 15.8. The van der Waals surface area contributed by atoms with Gasteiger partial charge in [0.2, 0.25) is 0 Å². The molecule has 6 nitrogen and oxygen atoms in total. The maximum atomic E-state index is 6.09. The Morgan fingerprint density at radius 2 is 2.00 bits per heavy atom. The number of nitrogens with zero attached hydrogens (tertiary/aromatic N) is 2. The van der Waals surface area contributed by atoms with E-state index in [1.165, 1.54) is 0 Å². The molecule has 2 N–H and O–H groups in total. The second-order valence-electron chi connectivity index (χ2n) is 4.83. The first-order valence-corrected chi connectivity index (χ1v) is 6.28. The third kappa shape index (κ3) is 3.04. The van der Waals surface area contributed by atoms with Gasteiger partial charge in [0.25, 0.3) is 5.89 Å². The van der Waals surface area contributed by atoms with Crippen LogP contribution in [0.25, 0.3) is 0 Å². The number of aromatic nitrogens is 2. The summed E-state index contributed by atoms with van der Waals surface area (Å²) >= 11 is 0. The van der Waals surface area contributed by atoms with Crippen LogP contribution in [0.3, 0.4) is 0 Å². The van der Waals surface area contributed by atoms with E-state index < -0.39 is 11.6 Å². The number of hydrogen-bond acceptors (Lipinski definition) is 6. The molecule has 20 heavy (non-hydrogen) atoms. The highest BCUT2D eigenvalue weighted by Crippen LogP contribution is 2.25. The standard InChI is InChI=1S/C14H19N3O3/c1-14(15,9-18-2)13-16-12(20-17-13)11(19-3)10-7-5-4-6-8-10/h4-8,11H,9,15H2,1-3H3. The maximum absolute atomic E-state index is 6.09. The van der Waals surface area contributed by atoms with Crippen molar-refractivity contribution in [2.45, 2.75) is 18.6 Å². The van der Waals surface area contributed by atoms with Gasteiger partial charge in [0, 0.05) is 14.2 Å².